The Bertz CT molecular complexity index is 741. The molecule has 2 saturated carbocycles. The van der Waals surface area contributed by atoms with Crippen LogP contribution in [-0.4, -0.2) is 48.7 Å². The molecule has 3 rings (SSSR count). The summed E-state index contributed by atoms with van der Waals surface area (Å²) in [6, 6.07) is 0.206. The number of hydrogen-bond acceptors (Lipinski definition) is 5. The summed E-state index contributed by atoms with van der Waals surface area (Å²) >= 11 is 7.18. The zero-order valence-corrected chi connectivity index (χ0v) is 17.9. The van der Waals surface area contributed by atoms with Gasteiger partial charge >= 0.3 is 6.03 Å². The van der Waals surface area contributed by atoms with Crippen LogP contribution in [0.25, 0.3) is 0 Å². The molecule has 152 valence electrons. The van der Waals surface area contributed by atoms with Crippen LogP contribution in [0.15, 0.2) is 6.20 Å². The summed E-state index contributed by atoms with van der Waals surface area (Å²) in [7, 11) is -3.20. The molecule has 10 heteroatoms. The minimum absolute atomic E-state index is 0.0368. The van der Waals surface area contributed by atoms with Gasteiger partial charge in [-0.1, -0.05) is 42.2 Å². The van der Waals surface area contributed by atoms with Gasteiger partial charge in [-0.3, -0.25) is 5.32 Å². The number of thiazole rings is 1. The number of anilines is 1. The second-order valence-corrected chi connectivity index (χ2v) is 10.9. The minimum Gasteiger partial charge on any atom is -0.319 e. The van der Waals surface area contributed by atoms with Crippen LogP contribution >= 0.6 is 22.9 Å². The van der Waals surface area contributed by atoms with Crippen molar-refractivity contribution in [3.8, 4) is 0 Å². The monoisotopic (exact) mass is 434 g/mol. The average Bonchev–Trinajstić information content (AvgIpc) is 3.01. The summed E-state index contributed by atoms with van der Waals surface area (Å²) in [6.45, 7) is 0. The summed E-state index contributed by atoms with van der Waals surface area (Å²) in [5.41, 5.74) is 0. The molecular formula is C17H27ClN4O3S2. The fourth-order valence-electron chi connectivity index (χ4n) is 4.23. The highest BCUT2D eigenvalue weighted by atomic mass is 35.5. The third kappa shape index (κ3) is 6.04. The number of nitrogens with one attached hydrogen (secondary N) is 2. The van der Waals surface area contributed by atoms with Crippen molar-refractivity contribution < 1.29 is 13.2 Å². The molecule has 0 radical (unpaired) electrons. The summed E-state index contributed by atoms with van der Waals surface area (Å²) in [4.78, 5) is 19.2. The zero-order valence-electron chi connectivity index (χ0n) is 15.5. The summed E-state index contributed by atoms with van der Waals surface area (Å²) in [5, 5.41) is 3.42. The number of sulfonamides is 1. The largest absolute Gasteiger partial charge is 0.324 e. The van der Waals surface area contributed by atoms with Crippen molar-refractivity contribution in [2.75, 3.05) is 11.6 Å². The Morgan fingerprint density at radius 1 is 1.15 bits per heavy atom. The van der Waals surface area contributed by atoms with Crippen LogP contribution in [0.4, 0.5) is 9.93 Å². The van der Waals surface area contributed by atoms with Gasteiger partial charge in [0, 0.05) is 18.1 Å². The molecule has 2 aliphatic rings. The summed E-state index contributed by atoms with van der Waals surface area (Å²) < 4.78 is 26.2. The van der Waals surface area contributed by atoms with E-state index in [1.807, 2.05) is 4.90 Å². The molecule has 0 aromatic carbocycles. The predicted octanol–water partition coefficient (Wildman–Crippen LogP) is 3.82. The van der Waals surface area contributed by atoms with E-state index in [0.29, 0.717) is 9.47 Å². The highest BCUT2D eigenvalue weighted by Gasteiger charge is 2.35. The number of rotatable bonds is 5. The van der Waals surface area contributed by atoms with E-state index >= 15 is 0 Å². The fourth-order valence-corrected chi connectivity index (χ4v) is 5.87. The molecule has 0 spiro atoms. The molecule has 0 aliphatic heterocycles. The number of nitrogens with zero attached hydrogens (tertiary/aromatic N) is 2. The van der Waals surface area contributed by atoms with Crippen molar-refractivity contribution >= 4 is 44.1 Å². The van der Waals surface area contributed by atoms with Crippen LogP contribution in [0.5, 0.6) is 0 Å². The first kappa shape index (κ1) is 20.8. The van der Waals surface area contributed by atoms with E-state index < -0.39 is 10.0 Å². The molecule has 2 amide bonds. The van der Waals surface area contributed by atoms with Crippen molar-refractivity contribution in [2.24, 2.45) is 0 Å². The fraction of sp³-hybridized carbons (Fsp3) is 0.765. The predicted molar refractivity (Wildman–Crippen MR) is 109 cm³/mol. The van der Waals surface area contributed by atoms with Gasteiger partial charge in [-0.25, -0.2) is 22.9 Å². The quantitative estimate of drug-likeness (QED) is 0.736. The van der Waals surface area contributed by atoms with Gasteiger partial charge < -0.3 is 4.90 Å². The molecule has 0 unspecified atom stereocenters. The van der Waals surface area contributed by atoms with Crippen LogP contribution in [0.3, 0.4) is 0 Å². The molecule has 1 aromatic heterocycles. The van der Waals surface area contributed by atoms with Gasteiger partial charge in [-0.05, 0) is 38.5 Å². The van der Waals surface area contributed by atoms with Crippen molar-refractivity contribution in [1.29, 1.82) is 0 Å². The van der Waals surface area contributed by atoms with Gasteiger partial charge in [-0.2, -0.15) is 0 Å². The Labute approximate surface area is 169 Å². The van der Waals surface area contributed by atoms with Crippen molar-refractivity contribution in [3.05, 3.63) is 10.5 Å². The van der Waals surface area contributed by atoms with Gasteiger partial charge in [0.2, 0.25) is 10.0 Å². The standard InChI is InChI=1S/C17H27ClN4O3S2/c1-27(24,25)21-12-7-9-14(10-8-12)22(13-5-3-2-4-6-13)17(23)20-16-19-11-15(18)26-16/h11-14,21H,2-10H2,1H3,(H,19,20,23). The molecule has 1 aromatic rings. The van der Waals surface area contributed by atoms with Crippen LogP contribution in [0, 0.1) is 0 Å². The number of hydrogen-bond donors (Lipinski definition) is 2. The molecule has 2 N–H and O–H groups in total. The molecule has 0 saturated heterocycles. The number of amides is 2. The second-order valence-electron chi connectivity index (χ2n) is 7.49. The third-order valence-electron chi connectivity index (χ3n) is 5.36. The number of urea groups is 1. The molecule has 2 fully saturated rings. The zero-order chi connectivity index (χ0) is 19.4. The lowest BCUT2D eigenvalue weighted by Crippen LogP contribution is -2.52. The van der Waals surface area contributed by atoms with Crippen molar-refractivity contribution in [1.82, 2.24) is 14.6 Å². The molecule has 7 nitrogen and oxygen atoms in total. The molecular weight excluding hydrogens is 408 g/mol. The summed E-state index contributed by atoms with van der Waals surface area (Å²) in [6.07, 6.45) is 11.4. The Balaban J connectivity index is 1.67. The van der Waals surface area contributed by atoms with Gasteiger partial charge in [0.05, 0.1) is 12.5 Å². The first-order chi connectivity index (χ1) is 12.8. The van der Waals surface area contributed by atoms with Crippen molar-refractivity contribution in [2.45, 2.75) is 75.9 Å². The minimum atomic E-state index is -3.20. The Hall–Kier alpha value is -0.900. The van der Waals surface area contributed by atoms with E-state index in [9.17, 15) is 13.2 Å². The topological polar surface area (TPSA) is 91.4 Å². The Morgan fingerprint density at radius 3 is 2.33 bits per heavy atom. The van der Waals surface area contributed by atoms with Crippen molar-refractivity contribution in [3.63, 3.8) is 0 Å². The first-order valence-electron chi connectivity index (χ1n) is 9.50. The van der Waals surface area contributed by atoms with E-state index in [2.05, 4.69) is 15.0 Å². The molecule has 0 atom stereocenters. The number of carbonyl (C=O) groups excluding carboxylic acids is 1. The molecule has 27 heavy (non-hydrogen) atoms. The van der Waals surface area contributed by atoms with E-state index in [1.54, 1.807) is 0 Å². The molecule has 2 aliphatic carbocycles. The first-order valence-corrected chi connectivity index (χ1v) is 12.6. The van der Waals surface area contributed by atoms with Crippen LogP contribution in [0.1, 0.15) is 57.8 Å². The van der Waals surface area contributed by atoms with Gasteiger partial charge in [-0.15, -0.1) is 0 Å². The lowest BCUT2D eigenvalue weighted by Gasteiger charge is -2.42. The summed E-state index contributed by atoms with van der Waals surface area (Å²) in [5.74, 6) is 0. The highest BCUT2D eigenvalue weighted by Crippen LogP contribution is 2.32. The highest BCUT2D eigenvalue weighted by molar-refractivity contribution is 7.88. The van der Waals surface area contributed by atoms with Gasteiger partial charge in [0.25, 0.3) is 0 Å². The third-order valence-corrected chi connectivity index (χ3v) is 7.16. The molecule has 1 heterocycles. The van der Waals surface area contributed by atoms with E-state index in [1.165, 1.54) is 30.2 Å². The van der Waals surface area contributed by atoms with Gasteiger partial charge in [0.15, 0.2) is 5.13 Å². The number of carbonyl (C=O) groups is 1. The maximum absolute atomic E-state index is 13.1. The van der Waals surface area contributed by atoms with E-state index in [4.69, 9.17) is 11.6 Å². The van der Waals surface area contributed by atoms with Crippen LogP contribution < -0.4 is 10.0 Å². The normalized spacial score (nSPS) is 24.5. The lowest BCUT2D eigenvalue weighted by molar-refractivity contribution is 0.109. The SMILES string of the molecule is CS(=O)(=O)NC1CCC(N(C(=O)Nc2ncc(Cl)s2)C2CCCCC2)CC1. The van der Waals surface area contributed by atoms with E-state index in [-0.39, 0.29) is 24.2 Å². The number of halogens is 1. The smallest absolute Gasteiger partial charge is 0.319 e. The Morgan fingerprint density at radius 2 is 1.78 bits per heavy atom. The molecule has 0 bridgehead atoms. The number of aromatic nitrogens is 1. The van der Waals surface area contributed by atoms with Crippen LogP contribution in [0.2, 0.25) is 4.34 Å². The lowest BCUT2D eigenvalue weighted by atomic mass is 9.87. The van der Waals surface area contributed by atoms with E-state index in [0.717, 1.165) is 51.4 Å². The maximum Gasteiger partial charge on any atom is 0.324 e. The van der Waals surface area contributed by atoms with Gasteiger partial charge in [0.1, 0.15) is 4.34 Å². The Kier molecular flexibility index (Phi) is 6.99. The average molecular weight is 435 g/mol. The maximum atomic E-state index is 13.1. The van der Waals surface area contributed by atoms with Crippen LogP contribution in [-0.2, 0) is 10.0 Å². The second kappa shape index (κ2) is 9.07.